The lowest BCUT2D eigenvalue weighted by Crippen LogP contribution is -2.16. The topological polar surface area (TPSA) is 52.9 Å². The number of nitriles is 1. The van der Waals surface area contributed by atoms with E-state index >= 15 is 0 Å². The summed E-state index contributed by atoms with van der Waals surface area (Å²) in [5.74, 6) is -0.646. The zero-order valence-corrected chi connectivity index (χ0v) is 12.6. The number of anilines is 1. The van der Waals surface area contributed by atoms with Gasteiger partial charge in [0.15, 0.2) is 0 Å². The first-order valence-electron chi connectivity index (χ1n) is 5.48. The fourth-order valence-corrected chi connectivity index (χ4v) is 3.04. The van der Waals surface area contributed by atoms with Gasteiger partial charge in [-0.05, 0) is 45.6 Å². The molecule has 0 saturated carbocycles. The Balaban J connectivity index is 2.39. The normalized spacial score (nSPS) is 11.0. The molecule has 8 heteroatoms. The second-order valence-corrected chi connectivity index (χ2v) is 5.69. The van der Waals surface area contributed by atoms with Crippen LogP contribution in [0.15, 0.2) is 34.1 Å². The monoisotopic (exact) mass is 374 g/mol. The number of halogens is 4. The van der Waals surface area contributed by atoms with Crippen molar-refractivity contribution in [3.05, 3.63) is 50.1 Å². The molecule has 2 aromatic rings. The third-order valence-corrected chi connectivity index (χ3v) is 4.36. The lowest BCUT2D eigenvalue weighted by Gasteiger charge is -2.13. The quantitative estimate of drug-likeness (QED) is 0.831. The lowest BCUT2D eigenvalue weighted by atomic mass is 10.1. The van der Waals surface area contributed by atoms with Crippen LogP contribution >= 0.6 is 27.3 Å². The van der Waals surface area contributed by atoms with E-state index in [0.29, 0.717) is 10.5 Å². The molecule has 1 aromatic carbocycles. The van der Waals surface area contributed by atoms with E-state index in [2.05, 4.69) is 21.2 Å². The van der Waals surface area contributed by atoms with Gasteiger partial charge in [-0.3, -0.25) is 4.79 Å². The number of amides is 1. The van der Waals surface area contributed by atoms with Crippen LogP contribution in [-0.2, 0) is 6.18 Å². The van der Waals surface area contributed by atoms with Crippen LogP contribution in [0.25, 0.3) is 0 Å². The van der Waals surface area contributed by atoms with Crippen molar-refractivity contribution in [3.63, 3.8) is 0 Å². The van der Waals surface area contributed by atoms with Crippen LogP contribution in [0.5, 0.6) is 0 Å². The summed E-state index contributed by atoms with van der Waals surface area (Å²) in [5, 5.41) is 12.5. The van der Waals surface area contributed by atoms with Crippen LogP contribution in [0.4, 0.5) is 18.9 Å². The maximum absolute atomic E-state index is 13.0. The fourth-order valence-electron chi connectivity index (χ4n) is 1.59. The zero-order chi connectivity index (χ0) is 15.6. The van der Waals surface area contributed by atoms with Gasteiger partial charge < -0.3 is 5.32 Å². The average molecular weight is 375 g/mol. The van der Waals surface area contributed by atoms with Gasteiger partial charge in [-0.25, -0.2) is 0 Å². The molecule has 0 fully saturated rings. The van der Waals surface area contributed by atoms with Crippen LogP contribution in [-0.4, -0.2) is 5.91 Å². The first-order valence-corrected chi connectivity index (χ1v) is 7.16. The summed E-state index contributed by atoms with van der Waals surface area (Å²) in [5.41, 5.74) is -1.56. The third-order valence-electron chi connectivity index (χ3n) is 2.53. The van der Waals surface area contributed by atoms with E-state index in [-0.39, 0.29) is 16.1 Å². The third kappa shape index (κ3) is 3.43. The first-order chi connectivity index (χ1) is 9.82. The zero-order valence-electron chi connectivity index (χ0n) is 10.2. The van der Waals surface area contributed by atoms with Gasteiger partial charge in [0.25, 0.3) is 5.91 Å². The minimum Gasteiger partial charge on any atom is -0.321 e. The van der Waals surface area contributed by atoms with Gasteiger partial charge >= 0.3 is 6.18 Å². The summed E-state index contributed by atoms with van der Waals surface area (Å²) in [6.45, 7) is 0. The second kappa shape index (κ2) is 5.87. The minimum atomic E-state index is -4.66. The van der Waals surface area contributed by atoms with Crippen molar-refractivity contribution < 1.29 is 18.0 Å². The molecule has 108 valence electrons. The maximum atomic E-state index is 13.0. The molecule has 0 atom stereocenters. The highest BCUT2D eigenvalue weighted by molar-refractivity contribution is 9.10. The Morgan fingerprint density at radius 3 is 2.57 bits per heavy atom. The standard InChI is InChI=1S/C13H6BrF3N2OS/c14-9-3-4-21-11(9)12(20)19-10-2-1-7(6-18)5-8(10)13(15,16)17/h1-5H,(H,19,20). The summed E-state index contributed by atoms with van der Waals surface area (Å²) in [4.78, 5) is 12.2. The molecule has 1 heterocycles. The molecule has 2 rings (SSSR count). The molecule has 1 N–H and O–H groups in total. The van der Waals surface area contributed by atoms with Crippen molar-refractivity contribution >= 4 is 38.9 Å². The molecule has 0 saturated heterocycles. The summed E-state index contributed by atoms with van der Waals surface area (Å²) < 4.78 is 39.4. The van der Waals surface area contributed by atoms with Crippen molar-refractivity contribution in [3.8, 4) is 6.07 Å². The second-order valence-electron chi connectivity index (χ2n) is 3.92. The number of carbonyl (C=O) groups excluding carboxylic acids is 1. The van der Waals surface area contributed by atoms with Crippen molar-refractivity contribution in [2.75, 3.05) is 5.32 Å². The van der Waals surface area contributed by atoms with E-state index in [1.807, 2.05) is 0 Å². The van der Waals surface area contributed by atoms with E-state index in [4.69, 9.17) is 5.26 Å². The van der Waals surface area contributed by atoms with Crippen molar-refractivity contribution in [2.24, 2.45) is 0 Å². The Morgan fingerprint density at radius 2 is 2.05 bits per heavy atom. The Kier molecular flexibility index (Phi) is 4.34. The van der Waals surface area contributed by atoms with E-state index in [0.717, 1.165) is 17.4 Å². The molecule has 0 aliphatic rings. The predicted octanol–water partition coefficient (Wildman–Crippen LogP) is 4.65. The van der Waals surface area contributed by atoms with Gasteiger partial charge in [-0.15, -0.1) is 11.3 Å². The van der Waals surface area contributed by atoms with Crippen molar-refractivity contribution in [1.82, 2.24) is 0 Å². The molecule has 1 aromatic heterocycles. The number of hydrogen-bond acceptors (Lipinski definition) is 3. The molecule has 1 amide bonds. The predicted molar refractivity (Wildman–Crippen MR) is 76.1 cm³/mol. The highest BCUT2D eigenvalue weighted by Crippen LogP contribution is 2.36. The largest absolute Gasteiger partial charge is 0.418 e. The molecule has 0 bridgehead atoms. The highest BCUT2D eigenvalue weighted by atomic mass is 79.9. The van der Waals surface area contributed by atoms with Crippen LogP contribution in [0.3, 0.4) is 0 Å². The lowest BCUT2D eigenvalue weighted by molar-refractivity contribution is -0.136. The van der Waals surface area contributed by atoms with E-state index in [9.17, 15) is 18.0 Å². The van der Waals surface area contributed by atoms with Crippen molar-refractivity contribution in [1.29, 1.82) is 5.26 Å². The van der Waals surface area contributed by atoms with Crippen LogP contribution in [0.1, 0.15) is 20.8 Å². The fraction of sp³-hybridized carbons (Fsp3) is 0.0769. The number of alkyl halides is 3. The Morgan fingerprint density at radius 1 is 1.33 bits per heavy atom. The Bertz CT molecular complexity index is 734. The summed E-state index contributed by atoms with van der Waals surface area (Å²) >= 11 is 4.25. The first kappa shape index (κ1) is 15.5. The van der Waals surface area contributed by atoms with Crippen LogP contribution in [0.2, 0.25) is 0 Å². The van der Waals surface area contributed by atoms with E-state index in [1.165, 1.54) is 6.07 Å². The van der Waals surface area contributed by atoms with E-state index in [1.54, 1.807) is 17.5 Å². The van der Waals surface area contributed by atoms with Gasteiger partial charge in [-0.1, -0.05) is 0 Å². The van der Waals surface area contributed by atoms with E-state index < -0.39 is 17.6 Å². The van der Waals surface area contributed by atoms with Gasteiger partial charge in [0.1, 0.15) is 4.88 Å². The molecular weight excluding hydrogens is 369 g/mol. The maximum Gasteiger partial charge on any atom is 0.418 e. The van der Waals surface area contributed by atoms with Crippen molar-refractivity contribution in [2.45, 2.75) is 6.18 Å². The van der Waals surface area contributed by atoms with Crippen LogP contribution in [0, 0.1) is 11.3 Å². The molecule has 0 unspecified atom stereocenters. The molecule has 3 nitrogen and oxygen atoms in total. The molecular formula is C13H6BrF3N2OS. The summed E-state index contributed by atoms with van der Waals surface area (Å²) in [6.07, 6.45) is -4.66. The molecule has 0 aliphatic carbocycles. The van der Waals surface area contributed by atoms with Gasteiger partial charge in [0.05, 0.1) is 22.9 Å². The highest BCUT2D eigenvalue weighted by Gasteiger charge is 2.34. The molecule has 21 heavy (non-hydrogen) atoms. The molecule has 0 radical (unpaired) electrons. The van der Waals surface area contributed by atoms with Crippen LogP contribution < -0.4 is 5.32 Å². The van der Waals surface area contributed by atoms with Gasteiger partial charge in [-0.2, -0.15) is 18.4 Å². The SMILES string of the molecule is N#Cc1ccc(NC(=O)c2sccc2Br)c(C(F)(F)F)c1. The minimum absolute atomic E-state index is 0.127. The number of thiophene rings is 1. The Labute approximate surface area is 130 Å². The number of benzene rings is 1. The smallest absolute Gasteiger partial charge is 0.321 e. The van der Waals surface area contributed by atoms with Gasteiger partial charge in [0.2, 0.25) is 0 Å². The number of hydrogen-bond donors (Lipinski definition) is 1. The summed E-state index contributed by atoms with van der Waals surface area (Å²) in [6, 6.07) is 6.26. The number of nitrogens with one attached hydrogen (secondary N) is 1. The van der Waals surface area contributed by atoms with Gasteiger partial charge in [0, 0.05) is 4.47 Å². The summed E-state index contributed by atoms with van der Waals surface area (Å²) in [7, 11) is 0. The number of carbonyl (C=O) groups is 1. The molecule has 0 spiro atoms. The number of nitrogens with zero attached hydrogens (tertiary/aromatic N) is 1. The number of rotatable bonds is 2. The Hall–Kier alpha value is -1.85. The molecule has 0 aliphatic heterocycles. The average Bonchev–Trinajstić information content (AvgIpc) is 2.84.